The molecule has 0 aliphatic rings. The van der Waals surface area contributed by atoms with Gasteiger partial charge in [0.15, 0.2) is 5.16 Å². The highest BCUT2D eigenvalue weighted by Crippen LogP contribution is 2.03. The standard InChI is InChI=1S/C8H7N3O4/c12-9-7(8(10-13)11(14)15)6-4-2-1-3-5-6/h1-5,12-13H/b9-7+,10-8-. The summed E-state index contributed by atoms with van der Waals surface area (Å²) in [4.78, 5) is 9.48. The van der Waals surface area contributed by atoms with E-state index in [0.29, 0.717) is 0 Å². The van der Waals surface area contributed by atoms with Gasteiger partial charge in [-0.2, -0.15) is 0 Å². The number of rotatable bonds is 2. The lowest BCUT2D eigenvalue weighted by Gasteiger charge is -1.99. The van der Waals surface area contributed by atoms with E-state index < -0.39 is 16.5 Å². The van der Waals surface area contributed by atoms with Crippen molar-refractivity contribution in [3.8, 4) is 0 Å². The van der Waals surface area contributed by atoms with Gasteiger partial charge < -0.3 is 20.5 Å². The van der Waals surface area contributed by atoms with Crippen LogP contribution in [0.1, 0.15) is 5.56 Å². The first-order chi connectivity index (χ1) is 7.20. The van der Waals surface area contributed by atoms with E-state index >= 15 is 0 Å². The van der Waals surface area contributed by atoms with Gasteiger partial charge in [0.05, 0.1) is 0 Å². The van der Waals surface area contributed by atoms with Gasteiger partial charge in [-0.15, -0.1) is 0 Å². The lowest BCUT2D eigenvalue weighted by Crippen LogP contribution is -2.24. The Hall–Kier alpha value is -2.44. The molecule has 0 aliphatic heterocycles. The van der Waals surface area contributed by atoms with Crippen molar-refractivity contribution in [1.29, 1.82) is 0 Å². The van der Waals surface area contributed by atoms with Gasteiger partial charge in [0.25, 0.3) is 0 Å². The Morgan fingerprint density at radius 2 is 1.80 bits per heavy atom. The highest BCUT2D eigenvalue weighted by molar-refractivity contribution is 6.44. The molecule has 15 heavy (non-hydrogen) atoms. The largest absolute Gasteiger partial charge is 0.439 e. The Labute approximate surface area is 84.1 Å². The van der Waals surface area contributed by atoms with E-state index in [-0.39, 0.29) is 5.56 Å². The lowest BCUT2D eigenvalue weighted by atomic mass is 10.1. The Morgan fingerprint density at radius 1 is 1.20 bits per heavy atom. The van der Waals surface area contributed by atoms with Crippen LogP contribution in [0.15, 0.2) is 40.6 Å². The normalized spacial score (nSPS) is 12.5. The quantitative estimate of drug-likeness (QED) is 0.248. The van der Waals surface area contributed by atoms with Crippen LogP contribution in [0.5, 0.6) is 0 Å². The number of oxime groups is 2. The molecule has 0 heterocycles. The monoisotopic (exact) mass is 209 g/mol. The van der Waals surface area contributed by atoms with E-state index in [4.69, 9.17) is 10.4 Å². The smallest absolute Gasteiger partial charge is 0.410 e. The van der Waals surface area contributed by atoms with Crippen LogP contribution >= 0.6 is 0 Å². The molecule has 1 aromatic rings. The zero-order valence-corrected chi connectivity index (χ0v) is 7.44. The Balaban J connectivity index is 3.17. The fraction of sp³-hybridized carbons (Fsp3) is 0. The number of nitro groups is 1. The molecule has 0 aliphatic carbocycles. The first-order valence-corrected chi connectivity index (χ1v) is 3.85. The summed E-state index contributed by atoms with van der Waals surface area (Å²) in [7, 11) is 0. The van der Waals surface area contributed by atoms with Gasteiger partial charge in [-0.3, -0.25) is 0 Å². The molecule has 1 aromatic carbocycles. The Kier molecular flexibility index (Phi) is 3.33. The van der Waals surface area contributed by atoms with Crippen molar-refractivity contribution >= 4 is 11.5 Å². The second-order valence-electron chi connectivity index (χ2n) is 2.50. The lowest BCUT2D eigenvalue weighted by molar-refractivity contribution is -0.348. The summed E-state index contributed by atoms with van der Waals surface area (Å²) in [5, 5.41) is 32.7. The molecule has 1 rings (SSSR count). The van der Waals surface area contributed by atoms with Crippen molar-refractivity contribution in [2.24, 2.45) is 10.3 Å². The molecular formula is C8H7N3O4. The Morgan fingerprint density at radius 3 is 2.20 bits per heavy atom. The Bertz CT molecular complexity index is 413. The van der Waals surface area contributed by atoms with Crippen LogP contribution < -0.4 is 0 Å². The topological polar surface area (TPSA) is 108 Å². The van der Waals surface area contributed by atoms with Crippen LogP contribution in [-0.4, -0.2) is 26.9 Å². The number of hydrogen-bond donors (Lipinski definition) is 2. The maximum Gasteiger partial charge on any atom is 0.439 e. The molecule has 0 saturated carbocycles. The summed E-state index contributed by atoms with van der Waals surface area (Å²) in [5.41, 5.74) is -0.118. The highest BCUT2D eigenvalue weighted by atomic mass is 16.6. The van der Waals surface area contributed by atoms with E-state index in [1.807, 2.05) is 0 Å². The second kappa shape index (κ2) is 4.70. The van der Waals surface area contributed by atoms with Crippen molar-refractivity contribution < 1.29 is 15.3 Å². The molecule has 0 radical (unpaired) electrons. The third-order valence-corrected chi connectivity index (χ3v) is 1.63. The molecule has 0 fully saturated rings. The molecule has 7 nitrogen and oxygen atoms in total. The van der Waals surface area contributed by atoms with E-state index in [9.17, 15) is 10.1 Å². The third kappa shape index (κ3) is 2.27. The maximum atomic E-state index is 10.4. The average molecular weight is 209 g/mol. The molecule has 0 unspecified atom stereocenters. The van der Waals surface area contributed by atoms with Crippen LogP contribution in [0.25, 0.3) is 0 Å². The van der Waals surface area contributed by atoms with Crippen LogP contribution in [0.4, 0.5) is 0 Å². The van der Waals surface area contributed by atoms with Crippen molar-refractivity contribution in [3.63, 3.8) is 0 Å². The minimum absolute atomic E-state index is 0.282. The summed E-state index contributed by atoms with van der Waals surface area (Å²) in [6.07, 6.45) is 0. The number of nitrogens with zero attached hydrogens (tertiary/aromatic N) is 3. The molecule has 0 amide bonds. The van der Waals surface area contributed by atoms with Crippen molar-refractivity contribution in [3.05, 3.63) is 46.0 Å². The minimum atomic E-state index is -0.942. The van der Waals surface area contributed by atoms with Crippen molar-refractivity contribution in [2.45, 2.75) is 0 Å². The van der Waals surface area contributed by atoms with Gasteiger partial charge in [-0.05, 0) is 4.92 Å². The summed E-state index contributed by atoms with van der Waals surface area (Å²) in [6, 6.07) is 7.89. The first kappa shape index (κ1) is 10.6. The van der Waals surface area contributed by atoms with Gasteiger partial charge in [0, 0.05) is 5.56 Å². The second-order valence-corrected chi connectivity index (χ2v) is 2.50. The average Bonchev–Trinajstić information content (AvgIpc) is 2.26. The van der Waals surface area contributed by atoms with Gasteiger partial charge in [0.1, 0.15) is 0 Å². The summed E-state index contributed by atoms with van der Waals surface area (Å²) in [6.45, 7) is 0. The predicted molar refractivity (Wildman–Crippen MR) is 51.0 cm³/mol. The van der Waals surface area contributed by atoms with Crippen LogP contribution in [0.2, 0.25) is 0 Å². The maximum absolute atomic E-state index is 10.4. The van der Waals surface area contributed by atoms with Crippen molar-refractivity contribution in [1.82, 2.24) is 0 Å². The van der Waals surface area contributed by atoms with Crippen LogP contribution in [0, 0.1) is 10.1 Å². The highest BCUT2D eigenvalue weighted by Gasteiger charge is 2.24. The summed E-state index contributed by atoms with van der Waals surface area (Å²) >= 11 is 0. The summed E-state index contributed by atoms with van der Waals surface area (Å²) < 4.78 is 0. The van der Waals surface area contributed by atoms with E-state index in [1.165, 1.54) is 12.1 Å². The fourth-order valence-electron chi connectivity index (χ4n) is 0.998. The first-order valence-electron chi connectivity index (χ1n) is 3.85. The van der Waals surface area contributed by atoms with Gasteiger partial charge in [0.2, 0.25) is 5.71 Å². The molecule has 2 N–H and O–H groups in total. The van der Waals surface area contributed by atoms with E-state index in [1.54, 1.807) is 18.2 Å². The molecular weight excluding hydrogens is 202 g/mol. The molecule has 0 saturated heterocycles. The van der Waals surface area contributed by atoms with Crippen molar-refractivity contribution in [2.75, 3.05) is 0 Å². The molecule has 0 bridgehead atoms. The SMILES string of the molecule is O=[N+]([O-])C(=N\O)/C(=N/O)c1ccccc1. The number of hydrogen-bond acceptors (Lipinski definition) is 6. The molecule has 0 spiro atoms. The molecule has 0 aromatic heterocycles. The van der Waals surface area contributed by atoms with Gasteiger partial charge in [-0.25, -0.2) is 0 Å². The number of benzene rings is 1. The molecule has 7 heteroatoms. The third-order valence-electron chi connectivity index (χ3n) is 1.63. The van der Waals surface area contributed by atoms with Crippen LogP contribution in [-0.2, 0) is 0 Å². The predicted octanol–water partition coefficient (Wildman–Crippen LogP) is 0.929. The zero-order valence-electron chi connectivity index (χ0n) is 7.44. The zero-order chi connectivity index (χ0) is 11.3. The minimum Gasteiger partial charge on any atom is -0.410 e. The van der Waals surface area contributed by atoms with Gasteiger partial charge >= 0.3 is 5.84 Å². The summed E-state index contributed by atoms with van der Waals surface area (Å²) in [5.74, 6) is -0.913. The fourth-order valence-corrected chi connectivity index (χ4v) is 0.998. The number of amidine groups is 1. The molecule has 0 atom stereocenters. The van der Waals surface area contributed by atoms with E-state index in [0.717, 1.165) is 0 Å². The van der Waals surface area contributed by atoms with Gasteiger partial charge in [-0.1, -0.05) is 35.5 Å². The van der Waals surface area contributed by atoms with E-state index in [2.05, 4.69) is 10.3 Å². The van der Waals surface area contributed by atoms with Crippen LogP contribution in [0.3, 0.4) is 0 Å². The molecule has 78 valence electrons.